The summed E-state index contributed by atoms with van der Waals surface area (Å²) in [6, 6.07) is 17.1. The molecule has 30 heavy (non-hydrogen) atoms. The van der Waals surface area contributed by atoms with Crippen LogP contribution in [-0.4, -0.2) is 33.4 Å². The van der Waals surface area contributed by atoms with Gasteiger partial charge in [0.2, 0.25) is 5.91 Å². The summed E-state index contributed by atoms with van der Waals surface area (Å²) in [7, 11) is 0. The Bertz CT molecular complexity index is 998. The van der Waals surface area contributed by atoms with Crippen molar-refractivity contribution in [1.82, 2.24) is 19.8 Å². The average molecular weight is 405 g/mol. The van der Waals surface area contributed by atoms with E-state index in [1.165, 1.54) is 11.1 Å². The standard InChI is InChI=1S/C25H32N4O/c1-18(2)29-23-7-5-4-6-22(23)27-24(29)17-28-14-12-21(13-15-28)25(30)26-16-20-10-8-19(3)9-11-20/h4-11,18,21H,12-17H2,1-3H3,(H,26,30). The van der Waals surface area contributed by atoms with Gasteiger partial charge in [-0.2, -0.15) is 0 Å². The first kappa shape index (κ1) is 20.6. The molecule has 1 N–H and O–H groups in total. The fraction of sp³-hybridized carbons (Fsp3) is 0.440. The zero-order valence-electron chi connectivity index (χ0n) is 18.3. The van der Waals surface area contributed by atoms with Crippen LogP contribution in [-0.2, 0) is 17.9 Å². The second-order valence-electron chi connectivity index (χ2n) is 8.73. The van der Waals surface area contributed by atoms with Gasteiger partial charge in [-0.15, -0.1) is 0 Å². The van der Waals surface area contributed by atoms with Gasteiger partial charge in [0.05, 0.1) is 17.6 Å². The van der Waals surface area contributed by atoms with Gasteiger partial charge in [0.15, 0.2) is 0 Å². The molecule has 0 spiro atoms. The maximum absolute atomic E-state index is 12.6. The number of carbonyl (C=O) groups excluding carboxylic acids is 1. The number of rotatable bonds is 6. The number of piperidine rings is 1. The van der Waals surface area contributed by atoms with Crippen molar-refractivity contribution in [3.05, 3.63) is 65.5 Å². The maximum Gasteiger partial charge on any atom is 0.223 e. The van der Waals surface area contributed by atoms with Gasteiger partial charge in [0, 0.05) is 18.5 Å². The van der Waals surface area contributed by atoms with Crippen molar-refractivity contribution in [2.45, 2.75) is 52.7 Å². The van der Waals surface area contributed by atoms with Crippen LogP contribution >= 0.6 is 0 Å². The number of benzene rings is 2. The van der Waals surface area contributed by atoms with E-state index in [9.17, 15) is 4.79 Å². The van der Waals surface area contributed by atoms with Crippen LogP contribution in [0.1, 0.15) is 49.7 Å². The van der Waals surface area contributed by atoms with Gasteiger partial charge in [0.25, 0.3) is 0 Å². The summed E-state index contributed by atoms with van der Waals surface area (Å²) in [6.45, 7) is 9.81. The van der Waals surface area contributed by atoms with Gasteiger partial charge in [-0.1, -0.05) is 42.0 Å². The predicted octanol–water partition coefficient (Wildman–Crippen LogP) is 4.45. The van der Waals surface area contributed by atoms with Crippen molar-refractivity contribution in [1.29, 1.82) is 0 Å². The number of para-hydroxylation sites is 2. The number of likely N-dealkylation sites (tertiary alicyclic amines) is 1. The lowest BCUT2D eigenvalue weighted by Gasteiger charge is -2.31. The van der Waals surface area contributed by atoms with Crippen LogP contribution in [0.4, 0.5) is 0 Å². The van der Waals surface area contributed by atoms with E-state index >= 15 is 0 Å². The predicted molar refractivity (Wildman–Crippen MR) is 121 cm³/mol. The van der Waals surface area contributed by atoms with Crippen LogP contribution in [0, 0.1) is 12.8 Å². The number of fused-ring (bicyclic) bond motifs is 1. The minimum absolute atomic E-state index is 0.107. The summed E-state index contributed by atoms with van der Waals surface area (Å²) in [5.41, 5.74) is 4.65. The SMILES string of the molecule is Cc1ccc(CNC(=O)C2CCN(Cc3nc4ccccc4n3C(C)C)CC2)cc1. The van der Waals surface area contributed by atoms with Crippen LogP contribution in [0.3, 0.4) is 0 Å². The van der Waals surface area contributed by atoms with Crippen LogP contribution in [0.25, 0.3) is 11.0 Å². The van der Waals surface area contributed by atoms with Gasteiger partial charge in [-0.05, 0) is 64.4 Å². The van der Waals surface area contributed by atoms with Crippen molar-refractivity contribution in [3.63, 3.8) is 0 Å². The minimum Gasteiger partial charge on any atom is -0.352 e. The van der Waals surface area contributed by atoms with Crippen molar-refractivity contribution in [3.8, 4) is 0 Å². The third-order valence-corrected chi connectivity index (χ3v) is 6.10. The molecule has 0 radical (unpaired) electrons. The molecule has 158 valence electrons. The van der Waals surface area contributed by atoms with E-state index < -0.39 is 0 Å². The molecule has 0 unspecified atom stereocenters. The molecule has 1 fully saturated rings. The number of nitrogens with one attached hydrogen (secondary N) is 1. The smallest absolute Gasteiger partial charge is 0.223 e. The van der Waals surface area contributed by atoms with Crippen LogP contribution in [0.2, 0.25) is 0 Å². The van der Waals surface area contributed by atoms with Gasteiger partial charge >= 0.3 is 0 Å². The second kappa shape index (κ2) is 9.00. The lowest BCUT2D eigenvalue weighted by atomic mass is 9.96. The Morgan fingerprint density at radius 3 is 2.50 bits per heavy atom. The molecule has 0 atom stereocenters. The summed E-state index contributed by atoms with van der Waals surface area (Å²) in [6.07, 6.45) is 1.81. The highest BCUT2D eigenvalue weighted by molar-refractivity contribution is 5.78. The topological polar surface area (TPSA) is 50.2 Å². The molecule has 2 aromatic carbocycles. The van der Waals surface area contributed by atoms with Crippen molar-refractivity contribution in [2.24, 2.45) is 5.92 Å². The molecular weight excluding hydrogens is 372 g/mol. The lowest BCUT2D eigenvalue weighted by molar-refractivity contribution is -0.126. The summed E-state index contributed by atoms with van der Waals surface area (Å²) in [5.74, 6) is 1.41. The summed E-state index contributed by atoms with van der Waals surface area (Å²) < 4.78 is 2.34. The molecule has 0 aliphatic carbocycles. The van der Waals surface area contributed by atoms with Crippen molar-refractivity contribution in [2.75, 3.05) is 13.1 Å². The Kier molecular flexibility index (Phi) is 6.18. The summed E-state index contributed by atoms with van der Waals surface area (Å²) in [5, 5.41) is 3.12. The fourth-order valence-corrected chi connectivity index (χ4v) is 4.37. The first-order chi connectivity index (χ1) is 14.5. The molecule has 1 aliphatic heterocycles. The van der Waals surface area contributed by atoms with E-state index in [1.54, 1.807) is 0 Å². The molecule has 1 aliphatic rings. The number of amides is 1. The molecule has 1 saturated heterocycles. The van der Waals surface area contributed by atoms with E-state index in [2.05, 4.69) is 78.0 Å². The summed E-state index contributed by atoms with van der Waals surface area (Å²) in [4.78, 5) is 19.9. The summed E-state index contributed by atoms with van der Waals surface area (Å²) >= 11 is 0. The Balaban J connectivity index is 1.32. The Labute approximate surface area is 179 Å². The molecule has 1 aromatic heterocycles. The number of hydrogen-bond donors (Lipinski definition) is 1. The van der Waals surface area contributed by atoms with Gasteiger partial charge in [-0.3, -0.25) is 9.69 Å². The lowest BCUT2D eigenvalue weighted by Crippen LogP contribution is -2.40. The molecule has 3 aromatic rings. The Hall–Kier alpha value is -2.66. The van der Waals surface area contributed by atoms with E-state index in [0.29, 0.717) is 12.6 Å². The van der Waals surface area contributed by atoms with Crippen molar-refractivity contribution >= 4 is 16.9 Å². The Morgan fingerprint density at radius 2 is 1.80 bits per heavy atom. The molecule has 4 rings (SSSR count). The van der Waals surface area contributed by atoms with Crippen LogP contribution in [0.5, 0.6) is 0 Å². The fourth-order valence-electron chi connectivity index (χ4n) is 4.37. The zero-order valence-corrected chi connectivity index (χ0v) is 18.3. The molecular formula is C25H32N4O. The number of aryl methyl sites for hydroxylation is 1. The van der Waals surface area contributed by atoms with Crippen molar-refractivity contribution < 1.29 is 4.79 Å². The first-order valence-corrected chi connectivity index (χ1v) is 11.0. The molecule has 5 nitrogen and oxygen atoms in total. The van der Waals surface area contributed by atoms with Gasteiger partial charge < -0.3 is 9.88 Å². The Morgan fingerprint density at radius 1 is 1.10 bits per heavy atom. The largest absolute Gasteiger partial charge is 0.352 e. The second-order valence-corrected chi connectivity index (χ2v) is 8.73. The molecule has 5 heteroatoms. The van der Waals surface area contributed by atoms with E-state index in [-0.39, 0.29) is 11.8 Å². The molecule has 1 amide bonds. The van der Waals surface area contributed by atoms with Crippen LogP contribution in [0.15, 0.2) is 48.5 Å². The number of imidazole rings is 1. The normalized spacial score (nSPS) is 15.7. The number of carbonyl (C=O) groups is 1. The van der Waals surface area contributed by atoms with Crippen LogP contribution < -0.4 is 5.32 Å². The third-order valence-electron chi connectivity index (χ3n) is 6.10. The van der Waals surface area contributed by atoms with E-state index in [1.807, 2.05) is 6.07 Å². The van der Waals surface area contributed by atoms with Gasteiger partial charge in [-0.25, -0.2) is 4.98 Å². The average Bonchev–Trinajstić information content (AvgIpc) is 3.11. The zero-order chi connectivity index (χ0) is 21.1. The minimum atomic E-state index is 0.107. The number of hydrogen-bond acceptors (Lipinski definition) is 3. The van der Waals surface area contributed by atoms with E-state index in [4.69, 9.17) is 4.98 Å². The van der Waals surface area contributed by atoms with E-state index in [0.717, 1.165) is 49.4 Å². The number of aromatic nitrogens is 2. The maximum atomic E-state index is 12.6. The third kappa shape index (κ3) is 4.57. The highest BCUT2D eigenvalue weighted by atomic mass is 16.1. The molecule has 2 heterocycles. The number of nitrogens with zero attached hydrogens (tertiary/aromatic N) is 3. The molecule has 0 bridgehead atoms. The quantitative estimate of drug-likeness (QED) is 0.660. The van der Waals surface area contributed by atoms with Gasteiger partial charge in [0.1, 0.15) is 5.82 Å². The highest BCUT2D eigenvalue weighted by Gasteiger charge is 2.26. The molecule has 0 saturated carbocycles. The monoisotopic (exact) mass is 404 g/mol. The highest BCUT2D eigenvalue weighted by Crippen LogP contribution is 2.24. The first-order valence-electron chi connectivity index (χ1n) is 11.0.